The van der Waals surface area contributed by atoms with Gasteiger partial charge in [-0.1, -0.05) is 23.2 Å². The molecular weight excluding hydrogens is 504 g/mol. The van der Waals surface area contributed by atoms with Crippen molar-refractivity contribution in [3.63, 3.8) is 0 Å². The summed E-state index contributed by atoms with van der Waals surface area (Å²) >= 11 is 13.1. The van der Waals surface area contributed by atoms with Gasteiger partial charge in [0.15, 0.2) is 0 Å². The number of aromatic nitrogens is 1. The van der Waals surface area contributed by atoms with E-state index >= 15 is 0 Å². The van der Waals surface area contributed by atoms with Gasteiger partial charge < -0.3 is 14.2 Å². The third-order valence-electron chi connectivity index (χ3n) is 6.48. The molecule has 0 N–H and O–H groups in total. The van der Waals surface area contributed by atoms with Gasteiger partial charge >= 0.3 is 6.36 Å². The number of piperidine rings is 1. The molecule has 1 amide bonds. The molecule has 5 nitrogen and oxygen atoms in total. The maximum atomic E-state index is 13.2. The van der Waals surface area contributed by atoms with E-state index < -0.39 is 6.36 Å². The number of carbonyl (C=O) groups excluding carboxylic acids is 2. The molecule has 4 rings (SSSR count). The number of fused-ring (bicyclic) bond motifs is 1. The van der Waals surface area contributed by atoms with Gasteiger partial charge in [-0.2, -0.15) is 0 Å². The van der Waals surface area contributed by atoms with Crippen molar-refractivity contribution in [3.05, 3.63) is 63.3 Å². The Morgan fingerprint density at radius 2 is 1.77 bits per heavy atom. The van der Waals surface area contributed by atoms with Crippen molar-refractivity contribution in [1.82, 2.24) is 9.47 Å². The molecule has 1 aliphatic heterocycles. The summed E-state index contributed by atoms with van der Waals surface area (Å²) in [7, 11) is 1.73. The third kappa shape index (κ3) is 5.43. The molecule has 3 aromatic rings. The lowest BCUT2D eigenvalue weighted by molar-refractivity contribution is -0.274. The second-order valence-electron chi connectivity index (χ2n) is 8.70. The predicted octanol–water partition coefficient (Wildman–Crippen LogP) is 6.42. The number of likely N-dealkylation sites (tertiary alicyclic amines) is 1. The zero-order chi connectivity index (χ0) is 25.5. The standard InChI is InChI=1S/C25H23Cl2F3N2O3/c1-14(33)15-7-9-32(10-8-15)24(34)19-5-6-21(26)20(23(19)27)12-17-11-16-3-4-18(35-25(28,29)30)13-22(16)31(17)2/h3-6,11,13,15H,7-10,12H2,1-2H3. The second-order valence-corrected chi connectivity index (χ2v) is 9.49. The molecule has 1 fully saturated rings. The maximum Gasteiger partial charge on any atom is 0.573 e. The van der Waals surface area contributed by atoms with Crippen LogP contribution in [0.3, 0.4) is 0 Å². The number of aryl methyl sites for hydroxylation is 1. The lowest BCUT2D eigenvalue weighted by Crippen LogP contribution is -2.40. The molecule has 186 valence electrons. The fraction of sp³-hybridized carbons (Fsp3) is 0.360. The Labute approximate surface area is 210 Å². The smallest absolute Gasteiger partial charge is 0.406 e. The van der Waals surface area contributed by atoms with Crippen molar-refractivity contribution in [2.45, 2.75) is 32.5 Å². The highest BCUT2D eigenvalue weighted by atomic mass is 35.5. The zero-order valence-corrected chi connectivity index (χ0v) is 20.6. The van der Waals surface area contributed by atoms with Crippen LogP contribution in [0.1, 0.15) is 41.4 Å². The Hall–Kier alpha value is -2.71. The van der Waals surface area contributed by atoms with Crippen LogP contribution in [0, 0.1) is 5.92 Å². The summed E-state index contributed by atoms with van der Waals surface area (Å²) in [6, 6.07) is 9.18. The minimum atomic E-state index is -4.78. The highest BCUT2D eigenvalue weighted by Gasteiger charge is 2.31. The number of halogens is 5. The van der Waals surface area contributed by atoms with E-state index in [4.69, 9.17) is 23.2 Å². The molecular formula is C25H23Cl2F3N2O3. The molecule has 0 saturated carbocycles. The lowest BCUT2D eigenvalue weighted by atomic mass is 9.93. The van der Waals surface area contributed by atoms with Crippen LogP contribution in [0.2, 0.25) is 10.0 Å². The van der Waals surface area contributed by atoms with Crippen LogP contribution in [0.25, 0.3) is 10.9 Å². The van der Waals surface area contributed by atoms with E-state index in [9.17, 15) is 22.8 Å². The normalized spacial score (nSPS) is 15.0. The number of ketones is 1. The van der Waals surface area contributed by atoms with Crippen LogP contribution >= 0.6 is 23.2 Å². The molecule has 0 atom stereocenters. The first-order chi connectivity index (χ1) is 16.4. The Morgan fingerprint density at radius 1 is 1.09 bits per heavy atom. The van der Waals surface area contributed by atoms with Gasteiger partial charge in [0.1, 0.15) is 11.5 Å². The van der Waals surface area contributed by atoms with Gasteiger partial charge in [-0.25, -0.2) is 0 Å². The fourth-order valence-corrected chi connectivity index (χ4v) is 5.08. The summed E-state index contributed by atoms with van der Waals surface area (Å²) in [5.41, 5.74) is 2.18. The zero-order valence-electron chi connectivity index (χ0n) is 19.1. The fourth-order valence-electron chi connectivity index (χ4n) is 4.50. The monoisotopic (exact) mass is 526 g/mol. The van der Waals surface area contributed by atoms with Gasteiger partial charge in [0.05, 0.1) is 16.1 Å². The van der Waals surface area contributed by atoms with E-state index in [0.717, 1.165) is 11.1 Å². The van der Waals surface area contributed by atoms with Crippen LogP contribution in [0.4, 0.5) is 13.2 Å². The largest absolute Gasteiger partial charge is 0.573 e. The Bertz CT molecular complexity index is 1300. The van der Waals surface area contributed by atoms with Crippen LogP contribution in [-0.2, 0) is 18.3 Å². The molecule has 1 aromatic heterocycles. The van der Waals surface area contributed by atoms with E-state index in [0.29, 0.717) is 47.6 Å². The molecule has 2 aromatic carbocycles. The van der Waals surface area contributed by atoms with E-state index in [1.165, 1.54) is 12.1 Å². The quantitative estimate of drug-likeness (QED) is 0.385. The van der Waals surface area contributed by atoms with Crippen molar-refractivity contribution in [2.75, 3.05) is 13.1 Å². The van der Waals surface area contributed by atoms with Crippen LogP contribution in [-0.4, -0.2) is 40.6 Å². The van der Waals surface area contributed by atoms with Gasteiger partial charge in [0.2, 0.25) is 0 Å². The third-order valence-corrected chi connectivity index (χ3v) is 7.27. The first kappa shape index (κ1) is 25.4. The van der Waals surface area contributed by atoms with Gasteiger partial charge in [0, 0.05) is 54.6 Å². The predicted molar refractivity (Wildman–Crippen MR) is 128 cm³/mol. The van der Waals surface area contributed by atoms with Crippen molar-refractivity contribution < 1.29 is 27.5 Å². The molecule has 0 aliphatic carbocycles. The summed E-state index contributed by atoms with van der Waals surface area (Å²) in [6.07, 6.45) is -3.27. The van der Waals surface area contributed by atoms with Gasteiger partial charge in [-0.05, 0) is 55.7 Å². The number of amides is 1. The summed E-state index contributed by atoms with van der Waals surface area (Å²) in [5, 5.41) is 1.35. The molecule has 1 saturated heterocycles. The van der Waals surface area contributed by atoms with Crippen LogP contribution in [0.15, 0.2) is 36.4 Å². The van der Waals surface area contributed by atoms with Crippen molar-refractivity contribution >= 4 is 45.8 Å². The number of hydrogen-bond acceptors (Lipinski definition) is 3. The van der Waals surface area contributed by atoms with Gasteiger partial charge in [0.25, 0.3) is 5.91 Å². The summed E-state index contributed by atoms with van der Waals surface area (Å²) in [6.45, 7) is 2.52. The summed E-state index contributed by atoms with van der Waals surface area (Å²) < 4.78 is 43.6. The first-order valence-electron chi connectivity index (χ1n) is 11.1. The molecule has 1 aliphatic rings. The second kappa shape index (κ2) is 9.74. The summed E-state index contributed by atoms with van der Waals surface area (Å²) in [4.78, 5) is 26.5. The molecule has 2 heterocycles. The van der Waals surface area contributed by atoms with E-state index in [-0.39, 0.29) is 34.8 Å². The van der Waals surface area contributed by atoms with Crippen LogP contribution < -0.4 is 4.74 Å². The van der Waals surface area contributed by atoms with E-state index in [2.05, 4.69) is 4.74 Å². The molecule has 10 heteroatoms. The van der Waals surface area contributed by atoms with E-state index in [1.807, 2.05) is 6.07 Å². The average Bonchev–Trinajstić information content (AvgIpc) is 3.10. The van der Waals surface area contributed by atoms with Gasteiger partial charge in [-0.3, -0.25) is 9.59 Å². The number of rotatable bonds is 5. The Kier molecular flexibility index (Phi) is 7.06. The molecule has 0 unspecified atom stereocenters. The summed E-state index contributed by atoms with van der Waals surface area (Å²) in [5.74, 6) is -0.421. The molecule has 0 bridgehead atoms. The number of carbonyl (C=O) groups is 2. The van der Waals surface area contributed by atoms with Gasteiger partial charge in [-0.15, -0.1) is 13.2 Å². The molecule has 0 radical (unpaired) electrons. The number of benzene rings is 2. The SMILES string of the molecule is CC(=O)C1CCN(C(=O)c2ccc(Cl)c(Cc3cc4ccc(OC(F)(F)F)cc4n3C)c2Cl)CC1. The number of Topliss-reactive ketones (excluding diaryl/α,β-unsaturated/α-hetero) is 1. The van der Waals surface area contributed by atoms with Crippen LogP contribution in [0.5, 0.6) is 5.75 Å². The maximum absolute atomic E-state index is 13.2. The van der Waals surface area contributed by atoms with E-state index in [1.54, 1.807) is 41.6 Å². The highest BCUT2D eigenvalue weighted by molar-refractivity contribution is 6.38. The Balaban J connectivity index is 1.60. The minimum Gasteiger partial charge on any atom is -0.406 e. The number of alkyl halides is 3. The van der Waals surface area contributed by atoms with Crippen molar-refractivity contribution in [1.29, 1.82) is 0 Å². The molecule has 0 spiro atoms. The Morgan fingerprint density at radius 3 is 2.40 bits per heavy atom. The minimum absolute atomic E-state index is 0.0242. The van der Waals surface area contributed by atoms with Crippen molar-refractivity contribution in [2.24, 2.45) is 13.0 Å². The topological polar surface area (TPSA) is 51.5 Å². The molecule has 35 heavy (non-hydrogen) atoms. The first-order valence-corrected chi connectivity index (χ1v) is 11.8. The number of hydrogen-bond donors (Lipinski definition) is 0. The number of ether oxygens (including phenoxy) is 1. The highest BCUT2D eigenvalue weighted by Crippen LogP contribution is 2.34. The van der Waals surface area contributed by atoms with Crippen molar-refractivity contribution in [3.8, 4) is 5.75 Å². The average molecular weight is 527 g/mol. The lowest BCUT2D eigenvalue weighted by Gasteiger charge is -2.31. The number of nitrogens with zero attached hydrogens (tertiary/aromatic N) is 2.